The Morgan fingerprint density at radius 2 is 1.51 bits per heavy atom. The number of rotatable bonds is 19. The molecule has 216 valence electrons. The second-order valence-electron chi connectivity index (χ2n) is 10.3. The quantitative estimate of drug-likeness (QED) is 0.156. The van der Waals surface area contributed by atoms with Crippen molar-refractivity contribution in [2.45, 2.75) is 96.9 Å². The summed E-state index contributed by atoms with van der Waals surface area (Å²) in [5.41, 5.74) is 2.93. The van der Waals surface area contributed by atoms with Gasteiger partial charge in [0.1, 0.15) is 5.75 Å². The summed E-state index contributed by atoms with van der Waals surface area (Å²) in [6, 6.07) is 13.7. The second kappa shape index (κ2) is 20.3. The largest absolute Gasteiger partial charge is 0.492 e. The fraction of sp³-hybridized carbons (Fsp3) is 0.531. The molecule has 0 spiro atoms. The van der Waals surface area contributed by atoms with Crippen LogP contribution in [-0.2, 0) is 17.8 Å². The Morgan fingerprint density at radius 3 is 2.13 bits per heavy atom. The number of unbranched alkanes of at least 4 members (excludes halogenated alkanes) is 11. The highest BCUT2D eigenvalue weighted by atomic mass is 79.9. The Hall–Kier alpha value is -1.63. The van der Waals surface area contributed by atoms with E-state index >= 15 is 0 Å². The van der Waals surface area contributed by atoms with Crippen LogP contribution in [-0.4, -0.2) is 23.3 Å². The minimum Gasteiger partial charge on any atom is -0.492 e. The average molecular weight is 638 g/mol. The van der Waals surface area contributed by atoms with Gasteiger partial charge in [-0.05, 0) is 47.2 Å². The number of nitrogens with one attached hydrogen (secondary N) is 1. The van der Waals surface area contributed by atoms with Gasteiger partial charge >= 0.3 is 0 Å². The van der Waals surface area contributed by atoms with Crippen LogP contribution >= 0.6 is 40.3 Å². The van der Waals surface area contributed by atoms with E-state index in [1.54, 1.807) is 11.8 Å². The number of carbonyl (C=O) groups excluding carboxylic acids is 1. The number of nitrogens with zero attached hydrogens (tertiary/aromatic N) is 1. The van der Waals surface area contributed by atoms with Crippen molar-refractivity contribution >= 4 is 51.9 Å². The van der Waals surface area contributed by atoms with Crippen LogP contribution in [0.15, 0.2) is 54.1 Å². The number of ether oxygens (including phenoxy) is 1. The van der Waals surface area contributed by atoms with Crippen molar-refractivity contribution in [2.24, 2.45) is 0 Å². The molecule has 0 saturated heterocycles. The zero-order chi connectivity index (χ0) is 26.8. The number of halogens is 2. The van der Waals surface area contributed by atoms with E-state index in [0.29, 0.717) is 17.4 Å². The van der Waals surface area contributed by atoms with Crippen LogP contribution in [0.2, 0.25) is 5.02 Å². The van der Waals surface area contributed by atoms with Crippen molar-refractivity contribution < 1.29 is 9.53 Å². The zero-order valence-electron chi connectivity index (χ0n) is 23.5. The molecular formula is C32H46BrClN2O2S. The lowest BCUT2D eigenvalue weighted by Crippen LogP contribution is -2.15. The first kappa shape index (κ1) is 33.6. The molecule has 0 bridgehead atoms. The molecule has 0 saturated carbocycles. The molecule has 2 aromatic carbocycles. The third kappa shape index (κ3) is 14.0. The normalized spacial score (nSPS) is 12.4. The number of thioether (sulfide) groups is 1. The van der Waals surface area contributed by atoms with Gasteiger partial charge in [0.05, 0.1) is 23.9 Å². The SMILES string of the molecule is Br.CCCCCCCCCCCCCCOc1cc(CC(=O)Nc2ccc(CN3C=CSC3)cc2)ccc1Cl. The lowest BCUT2D eigenvalue weighted by molar-refractivity contribution is -0.115. The number of hydrogen-bond donors (Lipinski definition) is 1. The van der Waals surface area contributed by atoms with Gasteiger partial charge in [-0.25, -0.2) is 0 Å². The second-order valence-corrected chi connectivity index (χ2v) is 11.5. The van der Waals surface area contributed by atoms with Crippen molar-refractivity contribution in [3.05, 3.63) is 70.2 Å². The van der Waals surface area contributed by atoms with Crippen molar-refractivity contribution in [3.63, 3.8) is 0 Å². The average Bonchev–Trinajstić information content (AvgIpc) is 3.43. The molecule has 2 aromatic rings. The van der Waals surface area contributed by atoms with Gasteiger partial charge in [-0.3, -0.25) is 4.79 Å². The van der Waals surface area contributed by atoms with Crippen molar-refractivity contribution in [1.82, 2.24) is 4.90 Å². The zero-order valence-corrected chi connectivity index (χ0v) is 26.8. The van der Waals surface area contributed by atoms with Crippen molar-refractivity contribution in [1.29, 1.82) is 0 Å². The molecule has 39 heavy (non-hydrogen) atoms. The van der Waals surface area contributed by atoms with Crippen LogP contribution in [0.5, 0.6) is 5.75 Å². The number of benzene rings is 2. The molecule has 7 heteroatoms. The first-order chi connectivity index (χ1) is 18.6. The molecule has 0 fully saturated rings. The van der Waals surface area contributed by atoms with Crippen LogP contribution in [0.1, 0.15) is 95.1 Å². The Kier molecular flexibility index (Phi) is 17.5. The third-order valence-corrected chi connectivity index (χ3v) is 7.95. The summed E-state index contributed by atoms with van der Waals surface area (Å²) >= 11 is 8.15. The van der Waals surface area contributed by atoms with E-state index in [4.69, 9.17) is 16.3 Å². The first-order valence-corrected chi connectivity index (χ1v) is 15.9. The van der Waals surface area contributed by atoms with E-state index in [0.717, 1.165) is 30.1 Å². The molecule has 4 nitrogen and oxygen atoms in total. The van der Waals surface area contributed by atoms with Crippen LogP contribution in [0, 0.1) is 0 Å². The van der Waals surface area contributed by atoms with Gasteiger partial charge in [0.25, 0.3) is 0 Å². The Bertz CT molecular complexity index is 987. The fourth-order valence-electron chi connectivity index (χ4n) is 4.62. The predicted molar refractivity (Wildman–Crippen MR) is 174 cm³/mol. The number of anilines is 1. The number of hydrogen-bond acceptors (Lipinski definition) is 4. The number of carbonyl (C=O) groups is 1. The third-order valence-electron chi connectivity index (χ3n) is 6.85. The summed E-state index contributed by atoms with van der Waals surface area (Å²) in [5, 5.41) is 5.70. The molecule has 0 aliphatic carbocycles. The molecule has 1 aliphatic heterocycles. The van der Waals surface area contributed by atoms with Crippen LogP contribution < -0.4 is 10.1 Å². The Balaban J connectivity index is 0.00000533. The molecule has 1 aliphatic rings. The highest BCUT2D eigenvalue weighted by Crippen LogP contribution is 2.26. The van der Waals surface area contributed by atoms with E-state index in [1.807, 2.05) is 30.3 Å². The molecule has 1 N–H and O–H groups in total. The highest BCUT2D eigenvalue weighted by molar-refractivity contribution is 8.93. The minimum absolute atomic E-state index is 0. The summed E-state index contributed by atoms with van der Waals surface area (Å²) in [6.07, 6.45) is 18.2. The van der Waals surface area contributed by atoms with Gasteiger partial charge in [-0.15, -0.1) is 28.7 Å². The minimum atomic E-state index is -0.0501. The molecule has 0 aromatic heterocycles. The molecule has 0 radical (unpaired) electrons. The summed E-state index contributed by atoms with van der Waals surface area (Å²) in [6.45, 7) is 3.81. The molecule has 0 atom stereocenters. The molecule has 3 rings (SSSR count). The predicted octanol–water partition coefficient (Wildman–Crippen LogP) is 10.2. The summed E-state index contributed by atoms with van der Waals surface area (Å²) in [4.78, 5) is 14.9. The molecular weight excluding hydrogens is 592 g/mol. The number of amides is 1. The molecule has 1 amide bonds. The highest BCUT2D eigenvalue weighted by Gasteiger charge is 2.10. The van der Waals surface area contributed by atoms with E-state index in [9.17, 15) is 4.79 Å². The van der Waals surface area contributed by atoms with Crippen molar-refractivity contribution in [3.8, 4) is 5.75 Å². The Morgan fingerprint density at radius 1 is 0.897 bits per heavy atom. The molecule has 0 unspecified atom stereocenters. The maximum Gasteiger partial charge on any atom is 0.228 e. The summed E-state index contributed by atoms with van der Waals surface area (Å²) < 4.78 is 5.96. The van der Waals surface area contributed by atoms with Gasteiger partial charge in [0.15, 0.2) is 0 Å². The lowest BCUT2D eigenvalue weighted by Gasteiger charge is -2.15. The topological polar surface area (TPSA) is 41.6 Å². The first-order valence-electron chi connectivity index (χ1n) is 14.5. The van der Waals surface area contributed by atoms with Gasteiger partial charge in [0.2, 0.25) is 5.91 Å². The van der Waals surface area contributed by atoms with E-state index in [1.165, 1.54) is 76.2 Å². The maximum absolute atomic E-state index is 12.6. The van der Waals surface area contributed by atoms with E-state index in [2.05, 4.69) is 40.9 Å². The van der Waals surface area contributed by atoms with Gasteiger partial charge < -0.3 is 15.0 Å². The standard InChI is InChI=1S/C32H45ClN2O2S.BrH/c1-2-3-4-5-6-7-8-9-10-11-12-13-21-37-31-23-28(16-19-30(31)33)24-32(36)34-29-17-14-27(15-18-29)25-35-20-22-38-26-35;/h14-20,22-23H,2-13,21,24-26H2,1H3,(H,34,36);1H. The smallest absolute Gasteiger partial charge is 0.228 e. The van der Waals surface area contributed by atoms with E-state index in [-0.39, 0.29) is 29.3 Å². The summed E-state index contributed by atoms with van der Waals surface area (Å²) in [7, 11) is 0. The fourth-order valence-corrected chi connectivity index (χ4v) is 5.51. The lowest BCUT2D eigenvalue weighted by atomic mass is 10.1. The van der Waals surface area contributed by atoms with Crippen LogP contribution in [0.3, 0.4) is 0 Å². The van der Waals surface area contributed by atoms with Crippen LogP contribution in [0.25, 0.3) is 0 Å². The van der Waals surface area contributed by atoms with E-state index < -0.39 is 0 Å². The van der Waals surface area contributed by atoms with Gasteiger partial charge in [0, 0.05) is 18.4 Å². The monoisotopic (exact) mass is 636 g/mol. The summed E-state index contributed by atoms with van der Waals surface area (Å²) in [5.74, 6) is 1.61. The van der Waals surface area contributed by atoms with Gasteiger partial charge in [-0.2, -0.15) is 0 Å². The van der Waals surface area contributed by atoms with Gasteiger partial charge in [-0.1, -0.05) is 107 Å². The molecule has 1 heterocycles. The van der Waals surface area contributed by atoms with Crippen LogP contribution in [0.4, 0.5) is 5.69 Å². The Labute approximate surface area is 256 Å². The maximum atomic E-state index is 12.6. The van der Waals surface area contributed by atoms with Crippen molar-refractivity contribution in [2.75, 3.05) is 17.8 Å².